The van der Waals surface area contributed by atoms with E-state index in [9.17, 15) is 0 Å². The van der Waals surface area contributed by atoms with Crippen LogP contribution in [0.5, 0.6) is 0 Å². The molecule has 0 rings (SSSR count). The molecule has 0 aliphatic carbocycles. The Kier molecular flexibility index (Phi) is 11.9. The predicted molar refractivity (Wildman–Crippen MR) is 60.8 cm³/mol. The zero-order valence-electron chi connectivity index (χ0n) is 10.3. The molecule has 0 aliphatic rings. The van der Waals surface area contributed by atoms with Gasteiger partial charge >= 0.3 is 0 Å². The van der Waals surface area contributed by atoms with Gasteiger partial charge in [0.15, 0.2) is 0 Å². The van der Waals surface area contributed by atoms with E-state index in [4.69, 9.17) is 5.11 Å². The summed E-state index contributed by atoms with van der Waals surface area (Å²) in [6.07, 6.45) is 2.30. The number of hydrogen-bond acceptors (Lipinski definition) is 1. The van der Waals surface area contributed by atoms with E-state index in [2.05, 4.69) is 27.7 Å². The van der Waals surface area contributed by atoms with Gasteiger partial charge in [0.1, 0.15) is 0 Å². The van der Waals surface area contributed by atoms with Gasteiger partial charge in [-0.05, 0) is 17.8 Å². The molecule has 1 heteroatoms. The Morgan fingerprint density at radius 3 is 1.54 bits per heavy atom. The van der Waals surface area contributed by atoms with Crippen molar-refractivity contribution >= 4 is 0 Å². The van der Waals surface area contributed by atoms with E-state index in [-0.39, 0.29) is 0 Å². The molecule has 0 aromatic carbocycles. The fourth-order valence-electron chi connectivity index (χ4n) is 1.92. The van der Waals surface area contributed by atoms with Gasteiger partial charge in [-0.3, -0.25) is 0 Å². The maximum absolute atomic E-state index is 9.08. The highest BCUT2D eigenvalue weighted by Gasteiger charge is 2.20. The second-order valence-corrected chi connectivity index (χ2v) is 3.67. The van der Waals surface area contributed by atoms with Crippen molar-refractivity contribution < 1.29 is 5.11 Å². The zero-order chi connectivity index (χ0) is 10.9. The van der Waals surface area contributed by atoms with E-state index in [0.29, 0.717) is 24.4 Å². The quantitative estimate of drug-likeness (QED) is 0.697. The van der Waals surface area contributed by atoms with Crippen LogP contribution < -0.4 is 0 Å². The van der Waals surface area contributed by atoms with Crippen molar-refractivity contribution in [3.05, 3.63) is 0 Å². The Labute approximate surface area is 84.6 Å². The maximum atomic E-state index is 9.08. The van der Waals surface area contributed by atoms with E-state index >= 15 is 0 Å². The molecule has 0 aromatic heterocycles. The van der Waals surface area contributed by atoms with Crippen LogP contribution in [0.25, 0.3) is 0 Å². The Balaban J connectivity index is 0. The summed E-state index contributed by atoms with van der Waals surface area (Å²) in [5.41, 5.74) is 0. The van der Waals surface area contributed by atoms with E-state index in [0.717, 1.165) is 6.42 Å². The van der Waals surface area contributed by atoms with Crippen LogP contribution in [0.3, 0.4) is 0 Å². The monoisotopic (exact) mass is 188 g/mol. The summed E-state index contributed by atoms with van der Waals surface area (Å²) in [5.74, 6) is 1.92. The highest BCUT2D eigenvalue weighted by molar-refractivity contribution is 4.69. The molecule has 2 unspecified atom stereocenters. The second-order valence-electron chi connectivity index (χ2n) is 3.67. The van der Waals surface area contributed by atoms with Gasteiger partial charge in [-0.2, -0.15) is 0 Å². The van der Waals surface area contributed by atoms with Crippen molar-refractivity contribution in [2.75, 3.05) is 6.61 Å². The number of aliphatic hydroxyl groups is 1. The highest BCUT2D eigenvalue weighted by atomic mass is 16.3. The average molecular weight is 188 g/mol. The lowest BCUT2D eigenvalue weighted by Gasteiger charge is -2.26. The molecule has 0 fully saturated rings. The minimum absolute atomic E-state index is 0.354. The first-order valence-electron chi connectivity index (χ1n) is 5.78. The molecule has 2 atom stereocenters. The topological polar surface area (TPSA) is 20.2 Å². The lowest BCUT2D eigenvalue weighted by atomic mass is 9.80. The Morgan fingerprint density at radius 2 is 1.46 bits per heavy atom. The Bertz CT molecular complexity index is 85.1. The van der Waals surface area contributed by atoms with Gasteiger partial charge in [-0.15, -0.1) is 0 Å². The standard InChI is InChI=1S/C10H22O.C2H6/c1-5-9(7-11)10(6-2)8(3)4;1-2/h8-11H,5-7H2,1-4H3;1-2H3. The molecule has 0 aliphatic heterocycles. The van der Waals surface area contributed by atoms with Gasteiger partial charge in [-0.25, -0.2) is 0 Å². The van der Waals surface area contributed by atoms with Crippen LogP contribution in [-0.4, -0.2) is 11.7 Å². The molecule has 0 radical (unpaired) electrons. The lowest BCUT2D eigenvalue weighted by Crippen LogP contribution is -2.22. The van der Waals surface area contributed by atoms with Crippen LogP contribution in [0.15, 0.2) is 0 Å². The van der Waals surface area contributed by atoms with Gasteiger partial charge in [-0.1, -0.05) is 54.4 Å². The second kappa shape index (κ2) is 10.0. The fourth-order valence-corrected chi connectivity index (χ4v) is 1.92. The van der Waals surface area contributed by atoms with Crippen molar-refractivity contribution in [1.29, 1.82) is 0 Å². The summed E-state index contributed by atoms with van der Waals surface area (Å²) < 4.78 is 0. The van der Waals surface area contributed by atoms with Gasteiger partial charge in [0.25, 0.3) is 0 Å². The molecular weight excluding hydrogens is 160 g/mol. The van der Waals surface area contributed by atoms with Crippen LogP contribution in [0.4, 0.5) is 0 Å². The normalized spacial score (nSPS) is 14.8. The molecular formula is C12H28O. The average Bonchev–Trinajstić information content (AvgIpc) is 2.16. The SMILES string of the molecule is CC.CCC(CO)C(CC)C(C)C. The first kappa shape index (κ1) is 15.4. The van der Waals surface area contributed by atoms with E-state index in [1.165, 1.54) is 6.42 Å². The van der Waals surface area contributed by atoms with Crippen LogP contribution in [0, 0.1) is 17.8 Å². The molecule has 0 bridgehead atoms. The molecule has 1 N–H and O–H groups in total. The number of rotatable bonds is 5. The van der Waals surface area contributed by atoms with Crippen LogP contribution in [-0.2, 0) is 0 Å². The summed E-state index contributed by atoms with van der Waals surface area (Å²) in [6, 6.07) is 0. The van der Waals surface area contributed by atoms with E-state index in [1.807, 2.05) is 13.8 Å². The molecule has 0 amide bonds. The van der Waals surface area contributed by atoms with Crippen molar-refractivity contribution in [3.63, 3.8) is 0 Å². The largest absolute Gasteiger partial charge is 0.396 e. The zero-order valence-corrected chi connectivity index (χ0v) is 10.3. The number of hydrogen-bond donors (Lipinski definition) is 1. The summed E-state index contributed by atoms with van der Waals surface area (Å²) >= 11 is 0. The lowest BCUT2D eigenvalue weighted by molar-refractivity contribution is 0.139. The Hall–Kier alpha value is -0.0400. The van der Waals surface area contributed by atoms with Crippen LogP contribution >= 0.6 is 0 Å². The van der Waals surface area contributed by atoms with Gasteiger partial charge in [0.05, 0.1) is 0 Å². The molecule has 13 heavy (non-hydrogen) atoms. The maximum Gasteiger partial charge on any atom is 0.0461 e. The molecule has 0 heterocycles. The van der Waals surface area contributed by atoms with Gasteiger partial charge in [0.2, 0.25) is 0 Å². The van der Waals surface area contributed by atoms with Gasteiger partial charge in [0, 0.05) is 6.61 Å². The third kappa shape index (κ3) is 6.09. The third-order valence-corrected chi connectivity index (χ3v) is 2.69. The molecule has 82 valence electrons. The minimum Gasteiger partial charge on any atom is -0.396 e. The number of aliphatic hydroxyl groups excluding tert-OH is 1. The smallest absolute Gasteiger partial charge is 0.0461 e. The minimum atomic E-state index is 0.354. The predicted octanol–water partition coefficient (Wildman–Crippen LogP) is 3.71. The molecule has 0 aromatic rings. The van der Waals surface area contributed by atoms with E-state index in [1.54, 1.807) is 0 Å². The summed E-state index contributed by atoms with van der Waals surface area (Å²) in [6.45, 7) is 13.2. The summed E-state index contributed by atoms with van der Waals surface area (Å²) in [5, 5.41) is 9.08. The summed E-state index contributed by atoms with van der Waals surface area (Å²) in [4.78, 5) is 0. The first-order valence-corrected chi connectivity index (χ1v) is 5.78. The van der Waals surface area contributed by atoms with Crippen molar-refractivity contribution in [3.8, 4) is 0 Å². The van der Waals surface area contributed by atoms with Crippen molar-refractivity contribution in [2.24, 2.45) is 17.8 Å². The van der Waals surface area contributed by atoms with E-state index < -0.39 is 0 Å². The molecule has 0 spiro atoms. The molecule has 0 saturated heterocycles. The van der Waals surface area contributed by atoms with Gasteiger partial charge < -0.3 is 5.11 Å². The third-order valence-electron chi connectivity index (χ3n) is 2.69. The first-order chi connectivity index (χ1) is 6.17. The van der Waals surface area contributed by atoms with Crippen molar-refractivity contribution in [1.82, 2.24) is 0 Å². The summed E-state index contributed by atoms with van der Waals surface area (Å²) in [7, 11) is 0. The van der Waals surface area contributed by atoms with Crippen LogP contribution in [0.2, 0.25) is 0 Å². The fraction of sp³-hybridized carbons (Fsp3) is 1.00. The Morgan fingerprint density at radius 1 is 1.00 bits per heavy atom. The van der Waals surface area contributed by atoms with Crippen molar-refractivity contribution in [2.45, 2.75) is 54.4 Å². The molecule has 1 nitrogen and oxygen atoms in total. The highest BCUT2D eigenvalue weighted by Crippen LogP contribution is 2.26. The van der Waals surface area contributed by atoms with Crippen LogP contribution in [0.1, 0.15) is 54.4 Å². The molecule has 0 saturated carbocycles.